The van der Waals surface area contributed by atoms with Crippen molar-refractivity contribution in [1.82, 2.24) is 20.1 Å². The molecular formula is C24H30N4O4. The van der Waals surface area contributed by atoms with E-state index >= 15 is 0 Å². The van der Waals surface area contributed by atoms with Crippen LogP contribution < -0.4 is 10.1 Å². The Balaban J connectivity index is 1.36. The van der Waals surface area contributed by atoms with Gasteiger partial charge >= 0.3 is 0 Å². The number of piperazine rings is 1. The van der Waals surface area contributed by atoms with Gasteiger partial charge in [-0.3, -0.25) is 19.5 Å². The Hall–Kier alpha value is -2.97. The highest BCUT2D eigenvalue weighted by Gasteiger charge is 2.28. The van der Waals surface area contributed by atoms with Crippen LogP contribution in [-0.2, 0) is 20.7 Å². The molecule has 2 fully saturated rings. The number of nitrogens with zero attached hydrogens (tertiary/aromatic N) is 3. The summed E-state index contributed by atoms with van der Waals surface area (Å²) in [4.78, 5) is 32.9. The van der Waals surface area contributed by atoms with Gasteiger partial charge in [0.1, 0.15) is 11.9 Å². The van der Waals surface area contributed by atoms with Gasteiger partial charge in [-0.1, -0.05) is 18.2 Å². The molecule has 1 aromatic heterocycles. The van der Waals surface area contributed by atoms with E-state index in [-0.39, 0.29) is 31.0 Å². The maximum absolute atomic E-state index is 12.8. The third kappa shape index (κ3) is 5.83. The van der Waals surface area contributed by atoms with Crippen molar-refractivity contribution in [2.45, 2.75) is 19.4 Å². The molecule has 0 saturated carbocycles. The molecule has 8 nitrogen and oxygen atoms in total. The first-order valence-corrected chi connectivity index (χ1v) is 11.2. The van der Waals surface area contributed by atoms with Crippen LogP contribution >= 0.6 is 0 Å². The predicted octanol–water partition coefficient (Wildman–Crippen LogP) is 1.40. The number of amides is 2. The van der Waals surface area contributed by atoms with E-state index in [1.807, 2.05) is 47.1 Å². The van der Waals surface area contributed by atoms with Crippen LogP contribution in [0.15, 0.2) is 42.5 Å². The number of benzene rings is 1. The molecule has 2 aliphatic rings. The van der Waals surface area contributed by atoms with Gasteiger partial charge in [0, 0.05) is 31.7 Å². The molecule has 2 amide bonds. The molecule has 1 aromatic carbocycles. The Kier molecular flexibility index (Phi) is 7.34. The zero-order valence-corrected chi connectivity index (χ0v) is 18.5. The molecule has 2 aliphatic heterocycles. The van der Waals surface area contributed by atoms with Gasteiger partial charge in [0.05, 0.1) is 38.5 Å². The topological polar surface area (TPSA) is 84.0 Å². The number of hydrogen-bond donors (Lipinski definition) is 1. The molecule has 170 valence electrons. The van der Waals surface area contributed by atoms with Crippen LogP contribution in [0, 0.1) is 0 Å². The number of nitrogens with one attached hydrogen (secondary N) is 1. The zero-order valence-electron chi connectivity index (χ0n) is 18.5. The SMILES string of the molecule is CCOc1ccc(Cc2cccc([C@H]3CN(C(=O)CN4CCNC(=O)C4)CCO3)n2)cc1. The van der Waals surface area contributed by atoms with Crippen LogP contribution in [0.3, 0.4) is 0 Å². The molecule has 0 aliphatic carbocycles. The minimum Gasteiger partial charge on any atom is -0.494 e. The molecule has 1 N–H and O–H groups in total. The maximum Gasteiger partial charge on any atom is 0.236 e. The number of morpholine rings is 1. The van der Waals surface area contributed by atoms with Crippen molar-refractivity contribution in [2.24, 2.45) is 0 Å². The van der Waals surface area contributed by atoms with Gasteiger partial charge in [-0.25, -0.2) is 0 Å². The Bertz CT molecular complexity index is 934. The molecule has 3 heterocycles. The quantitative estimate of drug-likeness (QED) is 0.704. The van der Waals surface area contributed by atoms with Crippen molar-refractivity contribution in [2.75, 3.05) is 52.5 Å². The lowest BCUT2D eigenvalue weighted by Gasteiger charge is -2.35. The van der Waals surface area contributed by atoms with Crippen molar-refractivity contribution in [3.8, 4) is 5.75 Å². The standard InChI is InChI=1S/C24H30N4O4/c1-2-31-20-8-6-18(7-9-20)14-19-4-3-5-21(26-19)22-15-28(12-13-32-22)24(30)17-27-11-10-25-23(29)16-27/h3-9,22H,2,10-17H2,1H3,(H,25,29)/t22-/m1/s1. The molecular weight excluding hydrogens is 408 g/mol. The van der Waals surface area contributed by atoms with E-state index in [2.05, 4.69) is 17.4 Å². The van der Waals surface area contributed by atoms with Crippen LogP contribution in [0.1, 0.15) is 30.0 Å². The van der Waals surface area contributed by atoms with Gasteiger partial charge in [0.15, 0.2) is 0 Å². The van der Waals surface area contributed by atoms with E-state index in [1.165, 1.54) is 0 Å². The molecule has 8 heteroatoms. The monoisotopic (exact) mass is 438 g/mol. The lowest BCUT2D eigenvalue weighted by Crippen LogP contribution is -2.52. The number of rotatable bonds is 7. The van der Waals surface area contributed by atoms with E-state index in [1.54, 1.807) is 0 Å². The fraction of sp³-hybridized carbons (Fsp3) is 0.458. The number of aromatic nitrogens is 1. The number of ether oxygens (including phenoxy) is 2. The van der Waals surface area contributed by atoms with Crippen LogP contribution in [0.5, 0.6) is 5.75 Å². The third-order valence-corrected chi connectivity index (χ3v) is 5.67. The molecule has 2 saturated heterocycles. The van der Waals surface area contributed by atoms with Crippen molar-refractivity contribution >= 4 is 11.8 Å². The summed E-state index contributed by atoms with van der Waals surface area (Å²) in [6.07, 6.45) is 0.463. The second kappa shape index (κ2) is 10.6. The number of pyridine rings is 1. The Labute approximate surface area is 188 Å². The lowest BCUT2D eigenvalue weighted by molar-refractivity contribution is -0.141. The Morgan fingerprint density at radius 3 is 2.84 bits per heavy atom. The normalized spacial score (nSPS) is 19.5. The highest BCUT2D eigenvalue weighted by molar-refractivity contribution is 5.82. The van der Waals surface area contributed by atoms with Crippen molar-refractivity contribution in [3.05, 3.63) is 59.4 Å². The first-order chi connectivity index (χ1) is 15.6. The average Bonchev–Trinajstić information content (AvgIpc) is 2.81. The van der Waals surface area contributed by atoms with Gasteiger partial charge < -0.3 is 19.7 Å². The molecule has 0 bridgehead atoms. The highest BCUT2D eigenvalue weighted by atomic mass is 16.5. The second-order valence-corrected chi connectivity index (χ2v) is 8.07. The predicted molar refractivity (Wildman–Crippen MR) is 119 cm³/mol. The molecule has 2 aromatic rings. The number of hydrogen-bond acceptors (Lipinski definition) is 6. The van der Waals surface area contributed by atoms with E-state index in [4.69, 9.17) is 14.5 Å². The summed E-state index contributed by atoms with van der Waals surface area (Å²) >= 11 is 0. The number of carbonyl (C=O) groups excluding carboxylic acids is 2. The van der Waals surface area contributed by atoms with Crippen LogP contribution in [-0.4, -0.2) is 79.1 Å². The van der Waals surface area contributed by atoms with Gasteiger partial charge in [0.2, 0.25) is 11.8 Å². The zero-order chi connectivity index (χ0) is 22.3. The lowest BCUT2D eigenvalue weighted by atomic mass is 10.1. The summed E-state index contributed by atoms with van der Waals surface area (Å²) in [6, 6.07) is 14.0. The molecule has 0 radical (unpaired) electrons. The maximum atomic E-state index is 12.8. The van der Waals surface area contributed by atoms with Gasteiger partial charge in [-0.15, -0.1) is 0 Å². The summed E-state index contributed by atoms with van der Waals surface area (Å²) in [5, 5.41) is 2.78. The van der Waals surface area contributed by atoms with E-state index in [0.717, 1.165) is 22.7 Å². The number of carbonyl (C=O) groups is 2. The third-order valence-electron chi connectivity index (χ3n) is 5.67. The molecule has 32 heavy (non-hydrogen) atoms. The summed E-state index contributed by atoms with van der Waals surface area (Å²) in [5.41, 5.74) is 2.95. The van der Waals surface area contributed by atoms with Crippen LogP contribution in [0.4, 0.5) is 0 Å². The van der Waals surface area contributed by atoms with Gasteiger partial charge in [0.25, 0.3) is 0 Å². The molecule has 4 rings (SSSR count). The molecule has 0 spiro atoms. The highest BCUT2D eigenvalue weighted by Crippen LogP contribution is 2.22. The van der Waals surface area contributed by atoms with E-state index < -0.39 is 0 Å². The van der Waals surface area contributed by atoms with Crippen molar-refractivity contribution < 1.29 is 19.1 Å². The summed E-state index contributed by atoms with van der Waals surface area (Å²) < 4.78 is 11.5. The Morgan fingerprint density at radius 2 is 2.06 bits per heavy atom. The molecule has 1 atom stereocenters. The van der Waals surface area contributed by atoms with Crippen LogP contribution in [0.25, 0.3) is 0 Å². The smallest absolute Gasteiger partial charge is 0.236 e. The van der Waals surface area contributed by atoms with Crippen molar-refractivity contribution in [1.29, 1.82) is 0 Å². The minimum atomic E-state index is -0.252. The van der Waals surface area contributed by atoms with Crippen molar-refractivity contribution in [3.63, 3.8) is 0 Å². The fourth-order valence-electron chi connectivity index (χ4n) is 4.03. The molecule has 0 unspecified atom stereocenters. The van der Waals surface area contributed by atoms with Crippen LogP contribution in [0.2, 0.25) is 0 Å². The van der Waals surface area contributed by atoms with Gasteiger partial charge in [-0.2, -0.15) is 0 Å². The Morgan fingerprint density at radius 1 is 1.22 bits per heavy atom. The minimum absolute atomic E-state index is 0.0264. The summed E-state index contributed by atoms with van der Waals surface area (Å²) in [7, 11) is 0. The average molecular weight is 439 g/mol. The second-order valence-electron chi connectivity index (χ2n) is 8.07. The van der Waals surface area contributed by atoms with E-state index in [0.29, 0.717) is 45.8 Å². The fourth-order valence-corrected chi connectivity index (χ4v) is 4.03. The largest absolute Gasteiger partial charge is 0.494 e. The first-order valence-electron chi connectivity index (χ1n) is 11.2. The van der Waals surface area contributed by atoms with Gasteiger partial charge in [-0.05, 0) is 36.8 Å². The summed E-state index contributed by atoms with van der Waals surface area (Å²) in [5.74, 6) is 0.861. The first kappa shape index (κ1) is 22.2. The van der Waals surface area contributed by atoms with E-state index in [9.17, 15) is 9.59 Å². The summed E-state index contributed by atoms with van der Waals surface area (Å²) in [6.45, 7) is 5.93.